The van der Waals surface area contributed by atoms with Gasteiger partial charge in [-0.3, -0.25) is 0 Å². The van der Waals surface area contributed by atoms with Crippen LogP contribution in [0.4, 0.5) is 5.69 Å². The predicted molar refractivity (Wildman–Crippen MR) is 106 cm³/mol. The second kappa shape index (κ2) is 9.27. The van der Waals surface area contributed by atoms with E-state index in [1.807, 2.05) is 24.3 Å². The second-order valence-corrected chi connectivity index (χ2v) is 8.09. The summed E-state index contributed by atoms with van der Waals surface area (Å²) in [6.07, 6.45) is 1.70. The van der Waals surface area contributed by atoms with Crippen LogP contribution in [0.1, 0.15) is 34.8 Å². The van der Waals surface area contributed by atoms with Gasteiger partial charge in [0.05, 0.1) is 31.2 Å². The molecule has 0 saturated carbocycles. The number of halogens is 1. The van der Waals surface area contributed by atoms with Crippen LogP contribution in [-0.2, 0) is 17.7 Å². The number of carbonyl (C=O) groups excluding carboxylic acids is 1. The number of hydrogen-bond acceptors (Lipinski definition) is 5. The van der Waals surface area contributed by atoms with Gasteiger partial charge in [0, 0.05) is 34.9 Å². The van der Waals surface area contributed by atoms with Crippen LogP contribution < -0.4 is 44.3 Å². The van der Waals surface area contributed by atoms with E-state index in [0.717, 1.165) is 48.7 Å². The minimum atomic E-state index is -1.13. The average Bonchev–Trinajstić information content (AvgIpc) is 3.05. The van der Waals surface area contributed by atoms with Gasteiger partial charge >= 0.3 is 29.6 Å². The molecule has 148 valence electrons. The van der Waals surface area contributed by atoms with E-state index in [-0.39, 0.29) is 40.5 Å². The molecule has 2 aromatic carbocycles. The molecule has 5 nitrogen and oxygen atoms in total. The van der Waals surface area contributed by atoms with Gasteiger partial charge in [0.1, 0.15) is 5.75 Å². The fourth-order valence-electron chi connectivity index (χ4n) is 3.89. The van der Waals surface area contributed by atoms with Crippen molar-refractivity contribution in [3.8, 4) is 5.75 Å². The summed E-state index contributed by atoms with van der Waals surface area (Å²) in [6, 6.07) is 11.0. The zero-order valence-electron chi connectivity index (χ0n) is 16.9. The summed E-state index contributed by atoms with van der Waals surface area (Å²) in [5.41, 5.74) is 3.14. The molecule has 4 rings (SSSR count). The van der Waals surface area contributed by atoms with Gasteiger partial charge in [0.2, 0.25) is 0 Å². The van der Waals surface area contributed by atoms with Crippen molar-refractivity contribution in [2.45, 2.75) is 26.3 Å². The van der Waals surface area contributed by atoms with Crippen LogP contribution in [0.5, 0.6) is 5.75 Å². The minimum Gasteiger partial charge on any atom is -0.545 e. The summed E-state index contributed by atoms with van der Waals surface area (Å²) in [7, 11) is 0. The molecule has 0 N–H and O–H groups in total. The van der Waals surface area contributed by atoms with Crippen molar-refractivity contribution in [2.24, 2.45) is 5.41 Å². The zero-order chi connectivity index (χ0) is 19.7. The molecule has 29 heavy (non-hydrogen) atoms. The van der Waals surface area contributed by atoms with E-state index in [2.05, 4.69) is 11.8 Å². The van der Waals surface area contributed by atoms with Crippen LogP contribution in [0.25, 0.3) is 0 Å². The molecule has 0 bridgehead atoms. The number of rotatable bonds is 7. The van der Waals surface area contributed by atoms with Gasteiger partial charge in [-0.05, 0) is 42.7 Å². The number of carbonyl (C=O) groups is 1. The third kappa shape index (κ3) is 4.59. The Hall–Kier alpha value is -1.24. The normalized spacial score (nSPS) is 16.6. The van der Waals surface area contributed by atoms with Crippen molar-refractivity contribution in [1.82, 2.24) is 0 Å². The van der Waals surface area contributed by atoms with E-state index in [0.29, 0.717) is 24.6 Å². The van der Waals surface area contributed by atoms with E-state index in [4.69, 9.17) is 21.1 Å². The van der Waals surface area contributed by atoms with Crippen LogP contribution in [-0.4, -0.2) is 32.3 Å². The summed E-state index contributed by atoms with van der Waals surface area (Å²) in [6.45, 7) is 5.59. The molecular formula is C22H23ClNNaO4. The standard InChI is InChI=1S/C22H24ClNO4.Na/c1-2-22(12-27-13-22)14-28-20-7-6-16(23)10-15(20)11-24-9-8-17-18(21(25)26)4-3-5-19(17)24;/h3-7,10H,2,8-9,11-14H2,1H3,(H,25,26);/q;+1/p-1. The third-order valence-corrected chi connectivity index (χ3v) is 6.06. The fraction of sp³-hybridized carbons (Fsp3) is 0.409. The third-order valence-electron chi connectivity index (χ3n) is 5.83. The molecule has 2 heterocycles. The van der Waals surface area contributed by atoms with E-state index >= 15 is 0 Å². The maximum atomic E-state index is 11.4. The molecule has 0 amide bonds. The predicted octanol–water partition coefficient (Wildman–Crippen LogP) is 0.0756. The molecule has 0 aliphatic carbocycles. The summed E-state index contributed by atoms with van der Waals surface area (Å²) >= 11 is 6.25. The van der Waals surface area contributed by atoms with Crippen molar-refractivity contribution in [1.29, 1.82) is 0 Å². The van der Waals surface area contributed by atoms with Gasteiger partial charge in [-0.1, -0.05) is 30.7 Å². The zero-order valence-corrected chi connectivity index (χ0v) is 19.6. The molecule has 1 saturated heterocycles. The molecule has 1 fully saturated rings. The Morgan fingerprint density at radius 2 is 2.10 bits per heavy atom. The largest absolute Gasteiger partial charge is 1.00 e. The Morgan fingerprint density at radius 1 is 1.31 bits per heavy atom. The Bertz CT molecular complexity index is 895. The van der Waals surface area contributed by atoms with Gasteiger partial charge in [-0.15, -0.1) is 0 Å². The van der Waals surface area contributed by atoms with Crippen LogP contribution in [0.3, 0.4) is 0 Å². The van der Waals surface area contributed by atoms with Crippen LogP contribution in [0.2, 0.25) is 5.02 Å². The van der Waals surface area contributed by atoms with Crippen molar-refractivity contribution in [3.63, 3.8) is 0 Å². The van der Waals surface area contributed by atoms with E-state index in [1.54, 1.807) is 12.1 Å². The Kier molecular flexibility index (Phi) is 7.18. The number of benzene rings is 2. The first-order valence-corrected chi connectivity index (χ1v) is 9.96. The molecule has 0 aromatic heterocycles. The molecule has 0 unspecified atom stereocenters. The van der Waals surface area contributed by atoms with Crippen LogP contribution in [0, 0.1) is 5.41 Å². The maximum absolute atomic E-state index is 11.4. The van der Waals surface area contributed by atoms with Crippen molar-refractivity contribution < 1.29 is 48.9 Å². The molecule has 2 aliphatic rings. The summed E-state index contributed by atoms with van der Waals surface area (Å²) < 4.78 is 11.6. The topological polar surface area (TPSA) is 61.8 Å². The molecule has 0 radical (unpaired) electrons. The monoisotopic (exact) mass is 423 g/mol. The van der Waals surface area contributed by atoms with Crippen molar-refractivity contribution >= 4 is 23.3 Å². The van der Waals surface area contributed by atoms with Gasteiger partial charge < -0.3 is 24.3 Å². The number of carboxylic acids is 1. The van der Waals surface area contributed by atoms with Crippen LogP contribution in [0.15, 0.2) is 36.4 Å². The number of fused-ring (bicyclic) bond motifs is 1. The first-order valence-electron chi connectivity index (χ1n) is 9.58. The number of carboxylic acid groups (broad SMARTS) is 1. The van der Waals surface area contributed by atoms with Crippen LogP contribution >= 0.6 is 11.6 Å². The Balaban J connectivity index is 0.00000240. The molecule has 0 atom stereocenters. The van der Waals surface area contributed by atoms with Gasteiger partial charge in [0.25, 0.3) is 0 Å². The quantitative estimate of drug-likeness (QED) is 0.590. The number of ether oxygens (including phenoxy) is 2. The number of nitrogens with zero attached hydrogens (tertiary/aromatic N) is 1. The molecule has 7 heteroatoms. The number of anilines is 1. The molecule has 2 aliphatic heterocycles. The smallest absolute Gasteiger partial charge is 0.545 e. The number of aromatic carboxylic acids is 1. The first-order chi connectivity index (χ1) is 13.5. The van der Waals surface area contributed by atoms with Gasteiger partial charge in [-0.2, -0.15) is 0 Å². The van der Waals surface area contributed by atoms with Gasteiger partial charge in [0.15, 0.2) is 0 Å². The first kappa shape index (κ1) is 22.4. The van der Waals surface area contributed by atoms with E-state index in [1.165, 1.54) is 0 Å². The van der Waals surface area contributed by atoms with E-state index in [9.17, 15) is 9.90 Å². The van der Waals surface area contributed by atoms with Gasteiger partial charge in [-0.25, -0.2) is 0 Å². The maximum Gasteiger partial charge on any atom is 1.00 e. The second-order valence-electron chi connectivity index (χ2n) is 7.65. The minimum absolute atomic E-state index is 0. The molecule has 2 aromatic rings. The Labute approximate surface area is 198 Å². The summed E-state index contributed by atoms with van der Waals surface area (Å²) in [4.78, 5) is 13.6. The Morgan fingerprint density at radius 3 is 2.76 bits per heavy atom. The molecular weight excluding hydrogens is 401 g/mol. The van der Waals surface area contributed by atoms with Crippen molar-refractivity contribution in [2.75, 3.05) is 31.3 Å². The van der Waals surface area contributed by atoms with E-state index < -0.39 is 5.97 Å². The SMILES string of the molecule is CCC1(COc2ccc(Cl)cc2CN2CCc3c(C(=O)[O-])cccc32)COC1.[Na+]. The number of hydrogen-bond donors (Lipinski definition) is 0. The molecule has 0 spiro atoms. The summed E-state index contributed by atoms with van der Waals surface area (Å²) in [5, 5.41) is 12.0. The average molecular weight is 424 g/mol. The van der Waals surface area contributed by atoms with Crippen molar-refractivity contribution in [3.05, 3.63) is 58.1 Å². The fourth-order valence-corrected chi connectivity index (χ4v) is 4.08. The summed E-state index contributed by atoms with van der Waals surface area (Å²) in [5.74, 6) is -0.313.